The van der Waals surface area contributed by atoms with Crippen molar-refractivity contribution in [2.75, 3.05) is 18.4 Å². The molecular weight excluding hydrogens is 380 g/mol. The van der Waals surface area contributed by atoms with Crippen LogP contribution in [0.15, 0.2) is 54.1 Å². The Bertz CT molecular complexity index is 1080. The van der Waals surface area contributed by atoms with E-state index in [1.807, 2.05) is 0 Å². The lowest BCUT2D eigenvalue weighted by atomic mass is 10.2. The number of hydrogen-bond acceptors (Lipinski definition) is 5. The lowest BCUT2D eigenvalue weighted by molar-refractivity contribution is 0.101. The summed E-state index contributed by atoms with van der Waals surface area (Å²) in [6, 6.07) is 8.53. The van der Waals surface area contributed by atoms with Crippen LogP contribution in [-0.4, -0.2) is 51.1 Å². The molecule has 0 saturated carbocycles. The molecule has 146 valence electrons. The first-order valence-electron chi connectivity index (χ1n) is 8.88. The maximum atomic E-state index is 12.7. The van der Waals surface area contributed by atoms with Gasteiger partial charge < -0.3 is 9.88 Å². The number of aromatic nitrogens is 4. The molecule has 9 nitrogen and oxygen atoms in total. The third-order valence-corrected chi connectivity index (χ3v) is 6.59. The number of carbonyl (C=O) groups is 1. The zero-order valence-electron chi connectivity index (χ0n) is 15.3. The van der Waals surface area contributed by atoms with Crippen molar-refractivity contribution in [3.8, 4) is 5.69 Å². The lowest BCUT2D eigenvalue weighted by Crippen LogP contribution is -2.27. The normalized spacial score (nSPS) is 15.0. The Morgan fingerprint density at radius 3 is 2.50 bits per heavy atom. The molecule has 4 rings (SSSR count). The molecule has 0 bridgehead atoms. The van der Waals surface area contributed by atoms with Crippen molar-refractivity contribution in [1.29, 1.82) is 0 Å². The highest BCUT2D eigenvalue weighted by Gasteiger charge is 2.29. The van der Waals surface area contributed by atoms with Gasteiger partial charge in [0.05, 0.1) is 5.69 Å². The number of hydrogen-bond donors (Lipinski definition) is 1. The number of rotatable bonds is 5. The van der Waals surface area contributed by atoms with E-state index >= 15 is 0 Å². The van der Waals surface area contributed by atoms with E-state index in [4.69, 9.17) is 0 Å². The summed E-state index contributed by atoms with van der Waals surface area (Å²) in [6.07, 6.45) is 6.24. The van der Waals surface area contributed by atoms with Gasteiger partial charge >= 0.3 is 0 Å². The van der Waals surface area contributed by atoms with E-state index in [2.05, 4.69) is 15.4 Å². The van der Waals surface area contributed by atoms with Crippen molar-refractivity contribution in [3.05, 3.63) is 54.9 Å². The summed E-state index contributed by atoms with van der Waals surface area (Å²) in [7, 11) is -1.90. The molecule has 0 radical (unpaired) electrons. The summed E-state index contributed by atoms with van der Waals surface area (Å²) in [5.41, 5.74) is 1.69. The van der Waals surface area contributed by atoms with E-state index in [0.29, 0.717) is 18.8 Å². The Kier molecular flexibility index (Phi) is 4.73. The number of benzene rings is 1. The largest absolute Gasteiger partial charge is 0.345 e. The molecule has 1 aliphatic heterocycles. The van der Waals surface area contributed by atoms with E-state index in [0.717, 1.165) is 18.5 Å². The minimum atomic E-state index is -3.56. The van der Waals surface area contributed by atoms with Crippen molar-refractivity contribution in [2.45, 2.75) is 17.7 Å². The third-order valence-electron chi connectivity index (χ3n) is 4.72. The van der Waals surface area contributed by atoms with Gasteiger partial charge in [0, 0.05) is 32.0 Å². The van der Waals surface area contributed by atoms with Gasteiger partial charge in [0.2, 0.25) is 10.0 Å². The Morgan fingerprint density at radius 1 is 1.14 bits per heavy atom. The lowest BCUT2D eigenvalue weighted by Gasteiger charge is -2.13. The van der Waals surface area contributed by atoms with E-state index in [-0.39, 0.29) is 16.5 Å². The molecule has 10 heteroatoms. The van der Waals surface area contributed by atoms with Crippen LogP contribution in [0, 0.1) is 0 Å². The molecule has 1 aliphatic rings. The molecule has 2 aromatic heterocycles. The highest BCUT2D eigenvalue weighted by molar-refractivity contribution is 7.89. The van der Waals surface area contributed by atoms with Gasteiger partial charge in [0.15, 0.2) is 0 Å². The van der Waals surface area contributed by atoms with Gasteiger partial charge in [-0.2, -0.15) is 9.40 Å². The molecule has 0 atom stereocenters. The first-order chi connectivity index (χ1) is 13.4. The number of nitrogens with one attached hydrogen (secondary N) is 1. The Balaban J connectivity index is 1.51. The van der Waals surface area contributed by atoms with Crippen LogP contribution >= 0.6 is 0 Å². The van der Waals surface area contributed by atoms with Gasteiger partial charge in [-0.3, -0.25) is 4.79 Å². The van der Waals surface area contributed by atoms with Crippen LogP contribution in [0.2, 0.25) is 0 Å². The summed E-state index contributed by atoms with van der Waals surface area (Å²) >= 11 is 0. The maximum Gasteiger partial charge on any atom is 0.272 e. The third kappa shape index (κ3) is 3.43. The predicted molar refractivity (Wildman–Crippen MR) is 103 cm³/mol. The Morgan fingerprint density at radius 2 is 1.86 bits per heavy atom. The topological polar surface area (TPSA) is 102 Å². The summed E-state index contributed by atoms with van der Waals surface area (Å²) in [5, 5.41) is 6.84. The van der Waals surface area contributed by atoms with Gasteiger partial charge in [-0.1, -0.05) is 0 Å². The number of sulfonamides is 1. The summed E-state index contributed by atoms with van der Waals surface area (Å²) < 4.78 is 30.0. The summed E-state index contributed by atoms with van der Waals surface area (Å²) in [5.74, 6) is -0.376. The standard InChI is InChI=1S/C18H20N6O3S/c1-22-11-16(28(26,27)23-8-2-3-9-23)10-17(22)18(25)21-14-4-6-15(7-5-14)24-13-19-12-20-24/h4-7,10-13H,2-3,8-9H2,1H3,(H,21,25). The molecule has 1 amide bonds. The molecule has 1 fully saturated rings. The highest BCUT2D eigenvalue weighted by atomic mass is 32.2. The van der Waals surface area contributed by atoms with Crippen LogP contribution in [0.4, 0.5) is 5.69 Å². The second-order valence-electron chi connectivity index (χ2n) is 6.62. The number of amides is 1. The monoisotopic (exact) mass is 400 g/mol. The second-order valence-corrected chi connectivity index (χ2v) is 8.56. The molecule has 1 aromatic carbocycles. The quantitative estimate of drug-likeness (QED) is 0.701. The molecule has 3 aromatic rings. The van der Waals surface area contributed by atoms with Crippen molar-refractivity contribution in [3.63, 3.8) is 0 Å². The fraction of sp³-hybridized carbons (Fsp3) is 0.278. The van der Waals surface area contributed by atoms with E-state index in [1.165, 1.54) is 27.5 Å². The average Bonchev–Trinajstić information content (AvgIpc) is 3.44. The molecule has 0 spiro atoms. The van der Waals surface area contributed by atoms with Crippen LogP contribution in [0.25, 0.3) is 5.69 Å². The zero-order valence-corrected chi connectivity index (χ0v) is 16.1. The van der Waals surface area contributed by atoms with E-state index < -0.39 is 10.0 Å². The minimum Gasteiger partial charge on any atom is -0.345 e. The average molecular weight is 400 g/mol. The van der Waals surface area contributed by atoms with Crippen LogP contribution in [0.3, 0.4) is 0 Å². The molecular formula is C18H20N6O3S. The SMILES string of the molecule is Cn1cc(S(=O)(=O)N2CCCC2)cc1C(=O)Nc1ccc(-n2cncn2)cc1. The number of carbonyl (C=O) groups excluding carboxylic acids is 1. The maximum absolute atomic E-state index is 12.7. The van der Waals surface area contributed by atoms with Crippen molar-refractivity contribution >= 4 is 21.6 Å². The van der Waals surface area contributed by atoms with Gasteiger partial charge in [0.25, 0.3) is 5.91 Å². The second kappa shape index (κ2) is 7.21. The van der Waals surface area contributed by atoms with Gasteiger partial charge in [-0.05, 0) is 43.2 Å². The first kappa shape index (κ1) is 18.4. The molecule has 0 unspecified atom stereocenters. The Labute approximate surface area is 162 Å². The summed E-state index contributed by atoms with van der Waals surface area (Å²) in [6.45, 7) is 1.05. The van der Waals surface area contributed by atoms with E-state index in [9.17, 15) is 13.2 Å². The summed E-state index contributed by atoms with van der Waals surface area (Å²) in [4.78, 5) is 16.7. The van der Waals surface area contributed by atoms with Gasteiger partial charge in [-0.25, -0.2) is 18.1 Å². The van der Waals surface area contributed by atoms with Crippen LogP contribution in [0.5, 0.6) is 0 Å². The number of nitrogens with zero attached hydrogens (tertiary/aromatic N) is 5. The minimum absolute atomic E-state index is 0.142. The molecule has 1 N–H and O–H groups in total. The number of aryl methyl sites for hydroxylation is 1. The van der Waals surface area contributed by atoms with Crippen molar-refractivity contribution in [2.24, 2.45) is 7.05 Å². The predicted octanol–water partition coefficient (Wildman–Crippen LogP) is 1.64. The smallest absolute Gasteiger partial charge is 0.272 e. The van der Waals surface area contributed by atoms with Crippen molar-refractivity contribution in [1.82, 2.24) is 23.6 Å². The molecule has 1 saturated heterocycles. The molecule has 28 heavy (non-hydrogen) atoms. The van der Waals surface area contributed by atoms with Crippen LogP contribution in [0.1, 0.15) is 23.3 Å². The van der Waals surface area contributed by atoms with E-state index in [1.54, 1.807) is 42.3 Å². The first-order valence-corrected chi connectivity index (χ1v) is 10.3. The Hall–Kier alpha value is -2.98. The number of anilines is 1. The fourth-order valence-corrected chi connectivity index (χ4v) is 4.80. The zero-order chi connectivity index (χ0) is 19.7. The van der Waals surface area contributed by atoms with Gasteiger partial charge in [-0.15, -0.1) is 0 Å². The van der Waals surface area contributed by atoms with Crippen LogP contribution in [-0.2, 0) is 17.1 Å². The fourth-order valence-electron chi connectivity index (χ4n) is 3.21. The highest BCUT2D eigenvalue weighted by Crippen LogP contribution is 2.23. The molecule has 3 heterocycles. The molecule has 0 aliphatic carbocycles. The van der Waals surface area contributed by atoms with Gasteiger partial charge in [0.1, 0.15) is 23.2 Å². The van der Waals surface area contributed by atoms with Crippen molar-refractivity contribution < 1.29 is 13.2 Å². The van der Waals surface area contributed by atoms with Crippen LogP contribution < -0.4 is 5.32 Å².